The van der Waals surface area contributed by atoms with Gasteiger partial charge in [-0.25, -0.2) is 17.7 Å². The lowest BCUT2D eigenvalue weighted by Crippen LogP contribution is -2.29. The van der Waals surface area contributed by atoms with E-state index < -0.39 is 10.0 Å². The van der Waals surface area contributed by atoms with Gasteiger partial charge in [-0.3, -0.25) is 0 Å². The van der Waals surface area contributed by atoms with Gasteiger partial charge in [-0.2, -0.15) is 0 Å². The molecule has 0 N–H and O–H groups in total. The van der Waals surface area contributed by atoms with Gasteiger partial charge in [0.1, 0.15) is 0 Å². The summed E-state index contributed by atoms with van der Waals surface area (Å²) in [5, 5.41) is 3.87. The van der Waals surface area contributed by atoms with E-state index in [1.165, 1.54) is 4.31 Å². The van der Waals surface area contributed by atoms with E-state index in [-0.39, 0.29) is 4.90 Å². The second kappa shape index (κ2) is 7.30. The molecule has 0 radical (unpaired) electrons. The molecule has 0 aliphatic carbocycles. The fourth-order valence-electron chi connectivity index (χ4n) is 2.64. The SMILES string of the molecule is Cc1cc(-c2ccc(C)c(S(=O)(=O)N(C)CCc3scnc3C)c2)on1. The molecule has 0 saturated heterocycles. The Balaban J connectivity index is 1.87. The van der Waals surface area contributed by atoms with Crippen LogP contribution in [-0.4, -0.2) is 36.5 Å². The second-order valence-electron chi connectivity index (χ2n) is 6.25. The first-order valence-corrected chi connectivity index (χ1v) is 10.5. The van der Waals surface area contributed by atoms with Crippen LogP contribution in [0, 0.1) is 20.8 Å². The average Bonchev–Trinajstić information content (AvgIpc) is 3.21. The molecule has 0 fully saturated rings. The molecule has 0 spiro atoms. The number of hydrogen-bond acceptors (Lipinski definition) is 6. The van der Waals surface area contributed by atoms with Crippen molar-refractivity contribution in [2.24, 2.45) is 0 Å². The first-order chi connectivity index (χ1) is 12.3. The predicted molar refractivity (Wildman–Crippen MR) is 102 cm³/mol. The van der Waals surface area contributed by atoms with Crippen molar-refractivity contribution in [1.82, 2.24) is 14.4 Å². The van der Waals surface area contributed by atoms with Crippen LogP contribution < -0.4 is 0 Å². The number of aryl methyl sites for hydroxylation is 3. The van der Waals surface area contributed by atoms with E-state index in [0.29, 0.717) is 29.9 Å². The number of hydrogen-bond donors (Lipinski definition) is 0. The third-order valence-electron chi connectivity index (χ3n) is 4.29. The van der Waals surface area contributed by atoms with Crippen LogP contribution in [0.15, 0.2) is 39.2 Å². The molecule has 3 rings (SSSR count). The van der Waals surface area contributed by atoms with Gasteiger partial charge in [-0.15, -0.1) is 11.3 Å². The van der Waals surface area contributed by atoms with Crippen LogP contribution >= 0.6 is 11.3 Å². The van der Waals surface area contributed by atoms with E-state index in [1.807, 2.05) is 19.9 Å². The minimum absolute atomic E-state index is 0.285. The largest absolute Gasteiger partial charge is 0.356 e. The smallest absolute Gasteiger partial charge is 0.243 e. The lowest BCUT2D eigenvalue weighted by atomic mass is 10.1. The van der Waals surface area contributed by atoms with Gasteiger partial charge in [-0.1, -0.05) is 17.3 Å². The molecule has 6 nitrogen and oxygen atoms in total. The Labute approximate surface area is 157 Å². The molecule has 0 bridgehead atoms. The van der Waals surface area contributed by atoms with Gasteiger partial charge >= 0.3 is 0 Å². The summed E-state index contributed by atoms with van der Waals surface area (Å²) in [6.07, 6.45) is 0.645. The Kier molecular flexibility index (Phi) is 5.27. The van der Waals surface area contributed by atoms with Crippen LogP contribution in [-0.2, 0) is 16.4 Å². The van der Waals surface area contributed by atoms with E-state index in [0.717, 1.165) is 16.3 Å². The summed E-state index contributed by atoms with van der Waals surface area (Å²) < 4.78 is 32.8. The van der Waals surface area contributed by atoms with E-state index in [4.69, 9.17) is 4.52 Å². The molecule has 0 saturated carbocycles. The number of benzene rings is 1. The predicted octanol–water partition coefficient (Wildman–Crippen LogP) is 3.59. The van der Waals surface area contributed by atoms with Gasteiger partial charge < -0.3 is 4.52 Å². The van der Waals surface area contributed by atoms with E-state index in [2.05, 4.69) is 10.1 Å². The number of rotatable bonds is 6. The van der Waals surface area contributed by atoms with Crippen LogP contribution in [0.5, 0.6) is 0 Å². The molecular formula is C18H21N3O3S2. The highest BCUT2D eigenvalue weighted by Crippen LogP contribution is 2.27. The second-order valence-corrected chi connectivity index (χ2v) is 9.20. The highest BCUT2D eigenvalue weighted by molar-refractivity contribution is 7.89. The maximum Gasteiger partial charge on any atom is 0.243 e. The first-order valence-electron chi connectivity index (χ1n) is 8.18. The molecular weight excluding hydrogens is 370 g/mol. The minimum atomic E-state index is -3.60. The zero-order valence-corrected chi connectivity index (χ0v) is 16.8. The van der Waals surface area contributed by atoms with Crippen LogP contribution in [0.4, 0.5) is 0 Å². The number of sulfonamides is 1. The van der Waals surface area contributed by atoms with Gasteiger partial charge in [-0.05, 0) is 38.8 Å². The van der Waals surface area contributed by atoms with Gasteiger partial charge in [0.05, 0.1) is 21.8 Å². The maximum atomic E-state index is 13.1. The van der Waals surface area contributed by atoms with Crippen molar-refractivity contribution in [3.8, 4) is 11.3 Å². The molecule has 0 amide bonds. The van der Waals surface area contributed by atoms with Crippen molar-refractivity contribution in [3.05, 3.63) is 51.6 Å². The van der Waals surface area contributed by atoms with E-state index >= 15 is 0 Å². The van der Waals surface area contributed by atoms with Crippen LogP contribution in [0.25, 0.3) is 11.3 Å². The first kappa shape index (κ1) is 18.8. The Morgan fingerprint density at radius 1 is 1.19 bits per heavy atom. The van der Waals surface area contributed by atoms with Crippen molar-refractivity contribution in [2.45, 2.75) is 32.1 Å². The van der Waals surface area contributed by atoms with E-state index in [9.17, 15) is 8.42 Å². The summed E-state index contributed by atoms with van der Waals surface area (Å²) in [5.41, 5.74) is 4.89. The molecule has 1 aromatic carbocycles. The highest BCUT2D eigenvalue weighted by atomic mass is 32.2. The third kappa shape index (κ3) is 3.72. The average molecular weight is 392 g/mol. The van der Waals surface area contributed by atoms with Gasteiger partial charge in [0, 0.05) is 30.1 Å². The van der Waals surface area contributed by atoms with Gasteiger partial charge in [0.25, 0.3) is 0 Å². The molecule has 0 unspecified atom stereocenters. The lowest BCUT2D eigenvalue weighted by Gasteiger charge is -2.18. The van der Waals surface area contributed by atoms with Crippen LogP contribution in [0.3, 0.4) is 0 Å². The minimum Gasteiger partial charge on any atom is -0.356 e. The van der Waals surface area contributed by atoms with Gasteiger partial charge in [0.15, 0.2) is 5.76 Å². The Morgan fingerprint density at radius 3 is 2.58 bits per heavy atom. The van der Waals surface area contributed by atoms with Crippen molar-refractivity contribution in [1.29, 1.82) is 0 Å². The summed E-state index contributed by atoms with van der Waals surface area (Å²) in [6, 6.07) is 7.08. The van der Waals surface area contributed by atoms with Crippen molar-refractivity contribution in [3.63, 3.8) is 0 Å². The molecule has 3 aromatic rings. The third-order valence-corrected chi connectivity index (χ3v) is 7.28. The molecule has 8 heteroatoms. The Morgan fingerprint density at radius 2 is 1.96 bits per heavy atom. The van der Waals surface area contributed by atoms with E-state index in [1.54, 1.807) is 49.0 Å². The topological polar surface area (TPSA) is 76.3 Å². The molecule has 26 heavy (non-hydrogen) atoms. The fourth-order valence-corrected chi connectivity index (χ4v) is 4.83. The molecule has 2 heterocycles. The monoisotopic (exact) mass is 391 g/mol. The van der Waals surface area contributed by atoms with Crippen molar-refractivity contribution in [2.75, 3.05) is 13.6 Å². The molecule has 2 aromatic heterocycles. The highest BCUT2D eigenvalue weighted by Gasteiger charge is 2.24. The summed E-state index contributed by atoms with van der Waals surface area (Å²) in [5.74, 6) is 0.557. The molecule has 138 valence electrons. The standard InChI is InChI=1S/C18H21N3O3S2/c1-12-5-6-15(16-9-13(2)20-24-16)10-18(12)26(22,23)21(4)8-7-17-14(3)19-11-25-17/h5-6,9-11H,7-8H2,1-4H3. The van der Waals surface area contributed by atoms with Gasteiger partial charge in [0.2, 0.25) is 10.0 Å². The summed E-state index contributed by atoms with van der Waals surface area (Å²) in [6.45, 7) is 5.96. The zero-order valence-electron chi connectivity index (χ0n) is 15.2. The normalized spacial score (nSPS) is 12.0. The quantitative estimate of drug-likeness (QED) is 0.642. The fraction of sp³-hybridized carbons (Fsp3) is 0.333. The summed E-state index contributed by atoms with van der Waals surface area (Å²) >= 11 is 1.55. The lowest BCUT2D eigenvalue weighted by molar-refractivity contribution is 0.427. The zero-order chi connectivity index (χ0) is 18.9. The number of nitrogens with zero attached hydrogens (tertiary/aromatic N) is 3. The van der Waals surface area contributed by atoms with Crippen LogP contribution in [0.2, 0.25) is 0 Å². The number of likely N-dealkylation sites (N-methyl/N-ethyl adjacent to an activating group) is 1. The maximum absolute atomic E-state index is 13.1. The molecule has 0 aliphatic rings. The molecule has 0 aliphatic heterocycles. The summed E-state index contributed by atoms with van der Waals surface area (Å²) in [7, 11) is -2.00. The number of thiazole rings is 1. The Bertz CT molecular complexity index is 1020. The summed E-state index contributed by atoms with van der Waals surface area (Å²) in [4.78, 5) is 5.60. The van der Waals surface area contributed by atoms with Crippen LogP contribution in [0.1, 0.15) is 21.8 Å². The molecule has 0 atom stereocenters. The number of aromatic nitrogens is 2. The van der Waals surface area contributed by atoms with Crippen molar-refractivity contribution < 1.29 is 12.9 Å². The van der Waals surface area contributed by atoms with Crippen molar-refractivity contribution >= 4 is 21.4 Å². The Hall–Kier alpha value is -2.03.